The molecular weight excluding hydrogens is 143 g/mol. The molecule has 0 spiro atoms. The summed E-state index contributed by atoms with van der Waals surface area (Å²) in [6.07, 6.45) is 0. The van der Waals surface area contributed by atoms with E-state index in [-0.39, 0.29) is 11.6 Å². The second-order valence-corrected chi connectivity index (χ2v) is 2.57. The van der Waals surface area contributed by atoms with Gasteiger partial charge in [0.1, 0.15) is 5.82 Å². The Kier molecular flexibility index (Phi) is 2.03. The molecule has 0 saturated heterocycles. The van der Waals surface area contributed by atoms with Gasteiger partial charge >= 0.3 is 0 Å². The molecule has 0 aliphatic rings. The van der Waals surface area contributed by atoms with E-state index >= 15 is 0 Å². The molecule has 0 N–H and O–H groups in total. The first kappa shape index (κ1) is 7.92. The number of halogens is 1. The maximum absolute atomic E-state index is 12.6. The minimum absolute atomic E-state index is 0.104. The molecule has 0 radical (unpaired) electrons. The van der Waals surface area contributed by atoms with Gasteiger partial charge in [0.05, 0.1) is 0 Å². The molecule has 0 aliphatic heterocycles. The Morgan fingerprint density at radius 3 is 2.45 bits per heavy atom. The zero-order valence-electron chi connectivity index (χ0n) is 6.52. The highest BCUT2D eigenvalue weighted by Crippen LogP contribution is 2.08. The fourth-order valence-electron chi connectivity index (χ4n) is 0.940. The van der Waals surface area contributed by atoms with Gasteiger partial charge in [-0.1, -0.05) is 0 Å². The molecule has 58 valence electrons. The molecule has 0 unspecified atom stereocenters. The lowest BCUT2D eigenvalue weighted by Gasteiger charge is -1.97. The molecular formula is C9H9FO. The lowest BCUT2D eigenvalue weighted by Crippen LogP contribution is -1.93. The Morgan fingerprint density at radius 2 is 2.00 bits per heavy atom. The van der Waals surface area contributed by atoms with E-state index in [9.17, 15) is 9.18 Å². The van der Waals surface area contributed by atoms with Crippen molar-refractivity contribution in [1.82, 2.24) is 0 Å². The van der Waals surface area contributed by atoms with Gasteiger partial charge in [-0.05, 0) is 37.6 Å². The topological polar surface area (TPSA) is 17.1 Å². The van der Waals surface area contributed by atoms with Crippen molar-refractivity contribution in [3.8, 4) is 0 Å². The number of rotatable bonds is 1. The van der Waals surface area contributed by atoms with E-state index in [2.05, 4.69) is 0 Å². The third kappa shape index (κ3) is 1.87. The van der Waals surface area contributed by atoms with Crippen LogP contribution in [-0.2, 0) is 0 Å². The summed E-state index contributed by atoms with van der Waals surface area (Å²) < 4.78 is 12.6. The number of carbonyl (C=O) groups excluding carboxylic acids is 1. The maximum Gasteiger partial charge on any atom is 0.159 e. The first-order chi connectivity index (χ1) is 5.09. The van der Waals surface area contributed by atoms with Crippen molar-refractivity contribution in [2.75, 3.05) is 0 Å². The molecule has 1 rings (SSSR count). The molecule has 0 aliphatic carbocycles. The fraction of sp³-hybridized carbons (Fsp3) is 0.222. The monoisotopic (exact) mass is 152 g/mol. The highest BCUT2D eigenvalue weighted by atomic mass is 19.1. The molecule has 0 saturated carbocycles. The molecule has 1 aromatic carbocycles. The summed E-state index contributed by atoms with van der Waals surface area (Å²) in [5, 5.41) is 0. The van der Waals surface area contributed by atoms with Crippen molar-refractivity contribution < 1.29 is 9.18 Å². The first-order valence-electron chi connectivity index (χ1n) is 3.38. The van der Waals surface area contributed by atoms with Crippen LogP contribution < -0.4 is 0 Å². The molecule has 0 bridgehead atoms. The van der Waals surface area contributed by atoms with Crippen molar-refractivity contribution in [1.29, 1.82) is 0 Å². The highest BCUT2D eigenvalue weighted by molar-refractivity contribution is 5.94. The second kappa shape index (κ2) is 2.82. The van der Waals surface area contributed by atoms with E-state index < -0.39 is 0 Å². The number of hydrogen-bond donors (Lipinski definition) is 0. The van der Waals surface area contributed by atoms with Crippen molar-refractivity contribution in [3.05, 3.63) is 35.1 Å². The van der Waals surface area contributed by atoms with Crippen LogP contribution in [0.1, 0.15) is 22.8 Å². The summed E-state index contributed by atoms with van der Waals surface area (Å²) in [6, 6.07) is 4.31. The minimum atomic E-state index is -0.352. The number of benzene rings is 1. The standard InChI is InChI=1S/C9H9FO/c1-6-3-8(7(2)11)5-9(10)4-6/h3-5H,1-2H3. The summed E-state index contributed by atoms with van der Waals surface area (Å²) in [5.74, 6) is -0.456. The largest absolute Gasteiger partial charge is 0.295 e. The molecule has 0 atom stereocenters. The van der Waals surface area contributed by atoms with Crippen LogP contribution in [0.15, 0.2) is 18.2 Å². The Labute approximate surface area is 64.9 Å². The normalized spacial score (nSPS) is 9.73. The SMILES string of the molecule is CC(=O)c1cc(C)cc(F)c1. The van der Waals surface area contributed by atoms with Crippen molar-refractivity contribution >= 4 is 5.78 Å². The van der Waals surface area contributed by atoms with Gasteiger partial charge in [-0.25, -0.2) is 4.39 Å². The lowest BCUT2D eigenvalue weighted by molar-refractivity contribution is 0.101. The van der Waals surface area contributed by atoms with E-state index in [1.165, 1.54) is 19.1 Å². The molecule has 1 nitrogen and oxygen atoms in total. The third-order valence-corrected chi connectivity index (χ3v) is 1.45. The number of hydrogen-bond acceptors (Lipinski definition) is 1. The average molecular weight is 152 g/mol. The van der Waals surface area contributed by atoms with Gasteiger partial charge in [-0.3, -0.25) is 4.79 Å². The summed E-state index contributed by atoms with van der Waals surface area (Å²) >= 11 is 0. The van der Waals surface area contributed by atoms with Crippen molar-refractivity contribution in [2.24, 2.45) is 0 Å². The molecule has 11 heavy (non-hydrogen) atoms. The predicted molar refractivity (Wildman–Crippen MR) is 41.1 cm³/mol. The van der Waals surface area contributed by atoms with Crippen LogP contribution in [0.4, 0.5) is 4.39 Å². The Morgan fingerprint density at radius 1 is 1.36 bits per heavy atom. The molecule has 0 amide bonds. The van der Waals surface area contributed by atoms with Gasteiger partial charge in [0.2, 0.25) is 0 Å². The van der Waals surface area contributed by atoms with Crippen LogP contribution in [-0.4, -0.2) is 5.78 Å². The van der Waals surface area contributed by atoms with Crippen molar-refractivity contribution in [3.63, 3.8) is 0 Å². The molecule has 2 heteroatoms. The first-order valence-corrected chi connectivity index (χ1v) is 3.38. The van der Waals surface area contributed by atoms with E-state index in [0.29, 0.717) is 5.56 Å². The van der Waals surface area contributed by atoms with Gasteiger partial charge in [0.15, 0.2) is 5.78 Å². The van der Waals surface area contributed by atoms with Crippen LogP contribution in [0.2, 0.25) is 0 Å². The van der Waals surface area contributed by atoms with Crippen LogP contribution >= 0.6 is 0 Å². The molecule has 0 aromatic heterocycles. The van der Waals surface area contributed by atoms with Crippen LogP contribution in [0.5, 0.6) is 0 Å². The molecule has 1 aromatic rings. The van der Waals surface area contributed by atoms with Crippen molar-refractivity contribution in [2.45, 2.75) is 13.8 Å². The zero-order chi connectivity index (χ0) is 8.43. The Balaban J connectivity index is 3.19. The number of aryl methyl sites for hydroxylation is 1. The molecule has 0 heterocycles. The van der Waals surface area contributed by atoms with E-state index in [0.717, 1.165) is 5.56 Å². The summed E-state index contributed by atoms with van der Waals surface area (Å²) in [4.78, 5) is 10.8. The molecule has 0 fully saturated rings. The average Bonchev–Trinajstić information content (AvgIpc) is 1.85. The van der Waals surface area contributed by atoms with Crippen LogP contribution in [0.25, 0.3) is 0 Å². The van der Waals surface area contributed by atoms with Gasteiger partial charge in [0.25, 0.3) is 0 Å². The highest BCUT2D eigenvalue weighted by Gasteiger charge is 2.01. The third-order valence-electron chi connectivity index (χ3n) is 1.45. The fourth-order valence-corrected chi connectivity index (χ4v) is 0.940. The van der Waals surface area contributed by atoms with Gasteiger partial charge in [-0.2, -0.15) is 0 Å². The van der Waals surface area contributed by atoms with E-state index in [1.54, 1.807) is 13.0 Å². The maximum atomic E-state index is 12.6. The predicted octanol–water partition coefficient (Wildman–Crippen LogP) is 2.34. The smallest absolute Gasteiger partial charge is 0.159 e. The van der Waals surface area contributed by atoms with Gasteiger partial charge in [0, 0.05) is 5.56 Å². The number of Topliss-reactive ketones (excluding diaryl/α,β-unsaturated/α-hetero) is 1. The Bertz CT molecular complexity index is 271. The summed E-state index contributed by atoms with van der Waals surface area (Å²) in [5.41, 5.74) is 1.21. The van der Waals surface area contributed by atoms with Crippen LogP contribution in [0, 0.1) is 12.7 Å². The number of carbonyl (C=O) groups is 1. The minimum Gasteiger partial charge on any atom is -0.295 e. The van der Waals surface area contributed by atoms with E-state index in [1.807, 2.05) is 0 Å². The lowest BCUT2D eigenvalue weighted by atomic mass is 10.1. The summed E-state index contributed by atoms with van der Waals surface area (Å²) in [6.45, 7) is 3.18. The quantitative estimate of drug-likeness (QED) is 0.564. The van der Waals surface area contributed by atoms with Gasteiger partial charge < -0.3 is 0 Å². The Hall–Kier alpha value is -1.18. The summed E-state index contributed by atoms with van der Waals surface area (Å²) in [7, 11) is 0. The van der Waals surface area contributed by atoms with E-state index in [4.69, 9.17) is 0 Å². The zero-order valence-corrected chi connectivity index (χ0v) is 6.52. The number of ketones is 1. The van der Waals surface area contributed by atoms with Gasteiger partial charge in [-0.15, -0.1) is 0 Å². The van der Waals surface area contributed by atoms with Crippen LogP contribution in [0.3, 0.4) is 0 Å². The second-order valence-electron chi connectivity index (χ2n) is 2.57.